The summed E-state index contributed by atoms with van der Waals surface area (Å²) in [4.78, 5) is 34.6. The van der Waals surface area contributed by atoms with E-state index in [9.17, 15) is 9.59 Å². The Balaban J connectivity index is 2.05. The van der Waals surface area contributed by atoms with Gasteiger partial charge in [-0.1, -0.05) is 13.8 Å². The van der Waals surface area contributed by atoms with Gasteiger partial charge in [0.1, 0.15) is 12.2 Å². The van der Waals surface area contributed by atoms with Crippen LogP contribution in [0.1, 0.15) is 55.5 Å². The minimum atomic E-state index is -0.359. The predicted octanol–water partition coefficient (Wildman–Crippen LogP) is 1.35. The largest absolute Gasteiger partial charge is 0.346 e. The molecule has 0 aromatic carbocycles. The molecule has 1 atom stereocenters. The summed E-state index contributed by atoms with van der Waals surface area (Å²) >= 11 is 0. The normalized spacial score (nSPS) is 12.4. The maximum Gasteiger partial charge on any atom is 0.345 e. The van der Waals surface area contributed by atoms with Gasteiger partial charge in [-0.25, -0.2) is 9.78 Å². The summed E-state index contributed by atoms with van der Waals surface area (Å²) in [5, 5.41) is 7.15. The zero-order valence-corrected chi connectivity index (χ0v) is 15.5. The van der Waals surface area contributed by atoms with E-state index in [0.29, 0.717) is 24.5 Å². The van der Waals surface area contributed by atoms with Crippen molar-refractivity contribution in [1.29, 1.82) is 0 Å². The average molecular weight is 346 g/mol. The van der Waals surface area contributed by atoms with E-state index >= 15 is 0 Å². The average Bonchev–Trinajstić information content (AvgIpc) is 2.91. The monoisotopic (exact) mass is 346 g/mol. The molecule has 0 bridgehead atoms. The lowest BCUT2D eigenvalue weighted by Gasteiger charge is -2.20. The summed E-state index contributed by atoms with van der Waals surface area (Å²) in [5.74, 6) is 1.11. The first-order valence-electron chi connectivity index (χ1n) is 8.47. The molecule has 2 N–H and O–H groups in total. The van der Waals surface area contributed by atoms with E-state index < -0.39 is 0 Å². The molecule has 0 spiro atoms. The highest BCUT2D eigenvalue weighted by Gasteiger charge is 2.20. The molecule has 8 heteroatoms. The van der Waals surface area contributed by atoms with E-state index in [1.54, 1.807) is 11.6 Å². The Bertz CT molecular complexity index is 766. The van der Waals surface area contributed by atoms with E-state index in [1.807, 2.05) is 14.0 Å². The summed E-state index contributed by atoms with van der Waals surface area (Å²) in [6.45, 7) is 7.82. The Morgan fingerprint density at radius 3 is 2.64 bits per heavy atom. The Hall–Kier alpha value is -2.51. The summed E-state index contributed by atoms with van der Waals surface area (Å²) in [6.07, 6.45) is 3.13. The van der Waals surface area contributed by atoms with Crippen molar-refractivity contribution < 1.29 is 4.79 Å². The Morgan fingerprint density at radius 1 is 1.36 bits per heavy atom. The molecule has 136 valence electrons. The van der Waals surface area contributed by atoms with Gasteiger partial charge in [-0.05, 0) is 38.2 Å². The molecule has 0 radical (unpaired) electrons. The van der Waals surface area contributed by atoms with Gasteiger partial charge in [0.2, 0.25) is 5.91 Å². The topological polar surface area (TPSA) is 106 Å². The molecule has 8 nitrogen and oxygen atoms in total. The lowest BCUT2D eigenvalue weighted by Crippen LogP contribution is -2.31. The standard InChI is InChI=1S/C17H26N6O2/c1-10(2)8-14(16-18-9-19-23(16)5)22-15(24)7-6-13-11(3)20-17(25)21-12(13)4/h9-10,14H,6-8H2,1-5H3,(H,22,24)(H,20,21,25)/t14-/m0/s1. The molecule has 0 aliphatic heterocycles. The van der Waals surface area contributed by atoms with Gasteiger partial charge in [0.25, 0.3) is 0 Å². The SMILES string of the molecule is Cc1nc(=O)[nH]c(C)c1CCC(=O)N[C@@H](CC(C)C)c1ncnn1C. The number of carbonyl (C=O) groups excluding carboxylic acids is 1. The lowest BCUT2D eigenvalue weighted by atomic mass is 10.0. The molecular formula is C17H26N6O2. The van der Waals surface area contributed by atoms with Crippen LogP contribution in [0.3, 0.4) is 0 Å². The number of aromatic nitrogens is 5. The molecule has 1 amide bonds. The molecule has 0 aliphatic carbocycles. The molecule has 0 fully saturated rings. The Morgan fingerprint density at radius 2 is 2.08 bits per heavy atom. The fourth-order valence-corrected chi connectivity index (χ4v) is 2.95. The number of H-pyrrole nitrogens is 1. The van der Waals surface area contributed by atoms with Crippen LogP contribution in [0.25, 0.3) is 0 Å². The van der Waals surface area contributed by atoms with Crippen molar-refractivity contribution in [3.63, 3.8) is 0 Å². The third-order valence-electron chi connectivity index (χ3n) is 4.16. The van der Waals surface area contributed by atoms with Gasteiger partial charge in [-0.2, -0.15) is 10.1 Å². The Labute approximate surface area is 147 Å². The zero-order valence-electron chi connectivity index (χ0n) is 15.5. The molecule has 0 saturated carbocycles. The van der Waals surface area contributed by atoms with E-state index in [1.165, 1.54) is 6.33 Å². The molecule has 0 saturated heterocycles. The molecule has 25 heavy (non-hydrogen) atoms. The number of hydrogen-bond donors (Lipinski definition) is 2. The number of nitrogens with zero attached hydrogens (tertiary/aromatic N) is 4. The van der Waals surface area contributed by atoms with Crippen molar-refractivity contribution in [3.05, 3.63) is 39.6 Å². The fourth-order valence-electron chi connectivity index (χ4n) is 2.95. The molecular weight excluding hydrogens is 320 g/mol. The quantitative estimate of drug-likeness (QED) is 0.787. The van der Waals surface area contributed by atoms with Crippen molar-refractivity contribution in [3.8, 4) is 0 Å². The molecule has 2 rings (SSSR count). The van der Waals surface area contributed by atoms with Crippen LogP contribution in [0.15, 0.2) is 11.1 Å². The van der Waals surface area contributed by atoms with Gasteiger partial charge < -0.3 is 10.3 Å². The number of hydrogen-bond acceptors (Lipinski definition) is 5. The van der Waals surface area contributed by atoms with Gasteiger partial charge in [-0.15, -0.1) is 0 Å². The van der Waals surface area contributed by atoms with E-state index in [2.05, 4.69) is 39.2 Å². The van der Waals surface area contributed by atoms with Crippen molar-refractivity contribution in [1.82, 2.24) is 30.0 Å². The van der Waals surface area contributed by atoms with Gasteiger partial charge in [0.15, 0.2) is 0 Å². The highest BCUT2D eigenvalue weighted by Crippen LogP contribution is 2.19. The lowest BCUT2D eigenvalue weighted by molar-refractivity contribution is -0.122. The van der Waals surface area contributed by atoms with Gasteiger partial charge in [0, 0.05) is 24.9 Å². The minimum Gasteiger partial charge on any atom is -0.346 e. The highest BCUT2D eigenvalue weighted by atomic mass is 16.1. The minimum absolute atomic E-state index is 0.0568. The van der Waals surface area contributed by atoms with Gasteiger partial charge >= 0.3 is 5.69 Å². The van der Waals surface area contributed by atoms with Crippen molar-refractivity contribution >= 4 is 5.91 Å². The summed E-state index contributed by atoms with van der Waals surface area (Å²) < 4.78 is 1.69. The van der Waals surface area contributed by atoms with Gasteiger partial charge in [0.05, 0.1) is 6.04 Å². The zero-order chi connectivity index (χ0) is 18.6. The second-order valence-corrected chi connectivity index (χ2v) is 6.72. The maximum absolute atomic E-state index is 12.4. The second kappa shape index (κ2) is 8.04. The Kier molecular flexibility index (Phi) is 6.06. The molecule has 2 aromatic heterocycles. The van der Waals surface area contributed by atoms with Gasteiger partial charge in [-0.3, -0.25) is 9.48 Å². The molecule has 0 aliphatic rings. The first kappa shape index (κ1) is 18.8. The number of rotatable bonds is 7. The molecule has 2 aromatic rings. The summed E-state index contributed by atoms with van der Waals surface area (Å²) in [6, 6.07) is -0.170. The van der Waals surface area contributed by atoms with Crippen molar-refractivity contribution in [2.75, 3.05) is 0 Å². The van der Waals surface area contributed by atoms with Crippen LogP contribution in [-0.4, -0.2) is 30.6 Å². The van der Waals surface area contributed by atoms with E-state index in [0.717, 1.165) is 23.5 Å². The number of aryl methyl sites for hydroxylation is 3. The van der Waals surface area contributed by atoms with Crippen LogP contribution in [0.2, 0.25) is 0 Å². The summed E-state index contributed by atoms with van der Waals surface area (Å²) in [7, 11) is 1.82. The van der Waals surface area contributed by atoms with Crippen LogP contribution < -0.4 is 11.0 Å². The number of amides is 1. The van der Waals surface area contributed by atoms with Crippen LogP contribution >= 0.6 is 0 Å². The van der Waals surface area contributed by atoms with Crippen LogP contribution in [0.5, 0.6) is 0 Å². The number of aromatic amines is 1. The molecule has 2 heterocycles. The third kappa shape index (κ3) is 4.98. The smallest absolute Gasteiger partial charge is 0.345 e. The first-order chi connectivity index (χ1) is 11.8. The highest BCUT2D eigenvalue weighted by molar-refractivity contribution is 5.76. The van der Waals surface area contributed by atoms with Crippen molar-refractivity contribution in [2.45, 2.75) is 53.0 Å². The maximum atomic E-state index is 12.4. The molecule has 0 unspecified atom stereocenters. The third-order valence-corrected chi connectivity index (χ3v) is 4.16. The number of nitrogens with one attached hydrogen (secondary N) is 2. The van der Waals surface area contributed by atoms with Crippen LogP contribution in [0.4, 0.5) is 0 Å². The van der Waals surface area contributed by atoms with Crippen LogP contribution in [-0.2, 0) is 18.3 Å². The number of carbonyl (C=O) groups is 1. The summed E-state index contributed by atoms with van der Waals surface area (Å²) in [5.41, 5.74) is 1.98. The second-order valence-electron chi connectivity index (χ2n) is 6.72. The fraction of sp³-hybridized carbons (Fsp3) is 0.588. The predicted molar refractivity (Wildman–Crippen MR) is 94.0 cm³/mol. The van der Waals surface area contributed by atoms with Crippen molar-refractivity contribution in [2.24, 2.45) is 13.0 Å². The van der Waals surface area contributed by atoms with E-state index in [4.69, 9.17) is 0 Å². The van der Waals surface area contributed by atoms with Crippen LogP contribution in [0, 0.1) is 19.8 Å². The first-order valence-corrected chi connectivity index (χ1v) is 8.47. The van der Waals surface area contributed by atoms with E-state index in [-0.39, 0.29) is 17.6 Å².